The van der Waals surface area contributed by atoms with Crippen molar-refractivity contribution in [1.82, 2.24) is 0 Å². The van der Waals surface area contributed by atoms with E-state index >= 15 is 0 Å². The molecule has 0 heterocycles. The summed E-state index contributed by atoms with van der Waals surface area (Å²) in [6.07, 6.45) is 5.72. The molecular formula is C8H13NW. The monoisotopic (exact) mass is 307 g/mol. The van der Waals surface area contributed by atoms with Gasteiger partial charge in [0.25, 0.3) is 0 Å². The Morgan fingerprint density at radius 3 is 2.30 bits per heavy atom. The Balaban J connectivity index is 3.77. The van der Waals surface area contributed by atoms with Gasteiger partial charge in [0.05, 0.1) is 0 Å². The zero-order chi connectivity index (χ0) is 8.04. The van der Waals surface area contributed by atoms with Crippen LogP contribution >= 0.6 is 0 Å². The first-order valence-electron chi connectivity index (χ1n) is 3.21. The first-order chi connectivity index (χ1) is 4.56. The van der Waals surface area contributed by atoms with Gasteiger partial charge in [-0.3, -0.25) is 0 Å². The van der Waals surface area contributed by atoms with Gasteiger partial charge in [0.1, 0.15) is 0 Å². The molecule has 0 aromatic carbocycles. The van der Waals surface area contributed by atoms with Crippen LogP contribution < -0.4 is 0 Å². The van der Waals surface area contributed by atoms with Gasteiger partial charge in [0.2, 0.25) is 0 Å². The van der Waals surface area contributed by atoms with Crippen LogP contribution in [0.3, 0.4) is 0 Å². The van der Waals surface area contributed by atoms with E-state index in [0.29, 0.717) is 0 Å². The summed E-state index contributed by atoms with van der Waals surface area (Å²) in [5, 5.41) is 0. The van der Waals surface area contributed by atoms with Crippen molar-refractivity contribution in [2.45, 2.75) is 20.8 Å². The van der Waals surface area contributed by atoms with Crippen molar-refractivity contribution in [2.75, 3.05) is 0 Å². The van der Waals surface area contributed by atoms with Crippen molar-refractivity contribution >= 4 is 10.6 Å². The van der Waals surface area contributed by atoms with Crippen LogP contribution in [0.5, 0.6) is 0 Å². The van der Waals surface area contributed by atoms with Crippen molar-refractivity contribution in [3.63, 3.8) is 0 Å². The molecule has 0 atom stereocenters. The average molecular weight is 307 g/mol. The van der Waals surface area contributed by atoms with E-state index in [1.165, 1.54) is 19.4 Å². The summed E-state index contributed by atoms with van der Waals surface area (Å²) in [7, 11) is 0. The topological polar surface area (TPSA) is 12.4 Å². The van der Waals surface area contributed by atoms with Crippen LogP contribution in [0, 0.1) is 5.41 Å². The summed E-state index contributed by atoms with van der Waals surface area (Å²) in [6.45, 7) is 6.39. The Bertz CT molecular complexity index is 151. The summed E-state index contributed by atoms with van der Waals surface area (Å²) in [5.74, 6) is 0. The van der Waals surface area contributed by atoms with Crippen molar-refractivity contribution < 1.29 is 19.4 Å². The van der Waals surface area contributed by atoms with E-state index in [-0.39, 0.29) is 5.41 Å². The molecule has 0 aliphatic heterocycles. The average Bonchev–Trinajstić information content (AvgIpc) is 1.78. The molecule has 2 heteroatoms. The summed E-state index contributed by atoms with van der Waals surface area (Å²) >= 11 is 1.46. The third kappa shape index (κ3) is 7.97. The molecule has 0 radical (unpaired) electrons. The summed E-state index contributed by atoms with van der Waals surface area (Å²) < 4.78 is 2.04. The van der Waals surface area contributed by atoms with E-state index in [4.69, 9.17) is 0 Å². The van der Waals surface area contributed by atoms with E-state index in [1.54, 1.807) is 0 Å². The molecule has 0 unspecified atom stereocenters. The zero-order valence-corrected chi connectivity index (χ0v) is 9.60. The molecule has 0 rings (SSSR count). The molecule has 0 fully saturated rings. The molecule has 0 N–H and O–H groups in total. The predicted octanol–water partition coefficient (Wildman–Crippen LogP) is 1.97. The molecular weight excluding hydrogens is 294 g/mol. The number of rotatable bonds is 2. The Labute approximate surface area is 73.7 Å². The fourth-order valence-electron chi connectivity index (χ4n) is 0.351. The van der Waals surface area contributed by atoms with Crippen LogP contribution in [0.25, 0.3) is 0 Å². The first kappa shape index (κ1) is 9.97. The third-order valence-corrected chi connectivity index (χ3v) is 1.28. The molecule has 10 heavy (non-hydrogen) atoms. The molecule has 0 bridgehead atoms. The molecule has 0 aliphatic rings. The molecule has 0 aromatic rings. The fourth-order valence-corrected chi connectivity index (χ4v) is 0.604. The number of allylic oxidation sites excluding steroid dienone is 1. The van der Waals surface area contributed by atoms with Crippen LogP contribution in [-0.2, 0) is 19.4 Å². The van der Waals surface area contributed by atoms with E-state index in [1.807, 2.05) is 22.9 Å². The number of hydrogen-bond acceptors (Lipinski definition) is 1. The van der Waals surface area contributed by atoms with Crippen LogP contribution in [0.2, 0.25) is 0 Å². The second-order valence-electron chi connectivity index (χ2n) is 3.12. The van der Waals surface area contributed by atoms with Gasteiger partial charge in [0.15, 0.2) is 0 Å². The fraction of sp³-hybridized carbons (Fsp3) is 0.500. The molecule has 0 aliphatic carbocycles. The molecule has 0 saturated heterocycles. The zero-order valence-electron chi connectivity index (χ0n) is 6.66. The SMILES string of the molecule is CC(C)(C)C=N/C=C\[CH]=[W]. The maximum atomic E-state index is 4.11. The van der Waals surface area contributed by atoms with Gasteiger partial charge in [-0.05, 0) is 0 Å². The third-order valence-electron chi connectivity index (χ3n) is 0.713. The Morgan fingerprint density at radius 1 is 1.30 bits per heavy atom. The standard InChI is InChI=1S/C8H13N.W/c1-5-6-9-7-8(2,3)4;/h1,5-7H,2-4H3;/b6-5-,9-7?;. The molecule has 0 spiro atoms. The number of nitrogens with zero attached hydrogens (tertiary/aromatic N) is 1. The first-order valence-corrected chi connectivity index (χ1v) is 4.90. The van der Waals surface area contributed by atoms with Gasteiger partial charge in [0, 0.05) is 0 Å². The molecule has 0 saturated carbocycles. The second-order valence-corrected chi connectivity index (χ2v) is 4.10. The maximum absolute atomic E-state index is 4.11. The minimum absolute atomic E-state index is 0.199. The van der Waals surface area contributed by atoms with Crippen LogP contribution in [0.15, 0.2) is 17.3 Å². The van der Waals surface area contributed by atoms with E-state index in [9.17, 15) is 0 Å². The molecule has 1 nitrogen and oxygen atoms in total. The van der Waals surface area contributed by atoms with Crippen molar-refractivity contribution in [1.29, 1.82) is 0 Å². The van der Waals surface area contributed by atoms with Crippen LogP contribution in [0.1, 0.15) is 20.8 Å². The molecule has 56 valence electrons. The van der Waals surface area contributed by atoms with Gasteiger partial charge < -0.3 is 0 Å². The normalized spacial score (nSPS) is 13.1. The van der Waals surface area contributed by atoms with Gasteiger partial charge in [-0.15, -0.1) is 0 Å². The van der Waals surface area contributed by atoms with Gasteiger partial charge >= 0.3 is 73.4 Å². The Kier molecular flexibility index (Phi) is 4.72. The molecule has 0 amide bonds. The Morgan fingerprint density at radius 2 is 1.90 bits per heavy atom. The van der Waals surface area contributed by atoms with E-state index in [0.717, 1.165) is 0 Å². The summed E-state index contributed by atoms with van der Waals surface area (Å²) in [4.78, 5) is 4.11. The quantitative estimate of drug-likeness (QED) is 0.692. The van der Waals surface area contributed by atoms with Crippen molar-refractivity contribution in [3.05, 3.63) is 12.3 Å². The second kappa shape index (κ2) is 4.73. The van der Waals surface area contributed by atoms with Gasteiger partial charge in [-0.25, -0.2) is 0 Å². The van der Waals surface area contributed by atoms with Crippen molar-refractivity contribution in [2.24, 2.45) is 10.4 Å². The van der Waals surface area contributed by atoms with E-state index < -0.39 is 0 Å². The van der Waals surface area contributed by atoms with Crippen molar-refractivity contribution in [3.8, 4) is 0 Å². The van der Waals surface area contributed by atoms with Crippen LogP contribution in [0.4, 0.5) is 0 Å². The summed E-state index contributed by atoms with van der Waals surface area (Å²) in [5.41, 5.74) is 0.199. The van der Waals surface area contributed by atoms with Crippen LogP contribution in [-0.4, -0.2) is 10.6 Å². The van der Waals surface area contributed by atoms with E-state index in [2.05, 4.69) is 25.8 Å². The number of aliphatic imine (C=N–C) groups is 1. The minimum atomic E-state index is 0.199. The Hall–Kier alpha value is -0.0317. The summed E-state index contributed by atoms with van der Waals surface area (Å²) in [6, 6.07) is 0. The molecule has 0 aromatic heterocycles. The number of hydrogen-bond donors (Lipinski definition) is 0. The van der Waals surface area contributed by atoms with Gasteiger partial charge in [-0.1, -0.05) is 0 Å². The predicted molar refractivity (Wildman–Crippen MR) is 43.2 cm³/mol. The van der Waals surface area contributed by atoms with Gasteiger partial charge in [-0.2, -0.15) is 0 Å².